The molecule has 0 spiro atoms. The number of nitrogens with one attached hydrogen (secondary N) is 1. The van der Waals surface area contributed by atoms with Crippen LogP contribution in [0.4, 0.5) is 0 Å². The van der Waals surface area contributed by atoms with Gasteiger partial charge in [0.2, 0.25) is 5.91 Å². The minimum atomic E-state index is -1.80. The van der Waals surface area contributed by atoms with Gasteiger partial charge in [-0.1, -0.05) is 309 Å². The maximum Gasteiger partial charge on any atom is 0.220 e. The highest BCUT2D eigenvalue weighted by molar-refractivity contribution is 5.76. The Hall–Kier alpha value is -3.35. The van der Waals surface area contributed by atoms with Gasteiger partial charge in [-0.2, -0.15) is 0 Å². The van der Waals surface area contributed by atoms with Crippen molar-refractivity contribution in [1.82, 2.24) is 5.32 Å². The molecule has 0 bridgehead atoms. The molecule has 12 atom stereocenters. The Bertz CT molecular complexity index is 2010. The number of aliphatic hydroxyl groups excluding tert-OH is 8. The Morgan fingerprint density at radius 3 is 1.16 bits per heavy atom. The largest absolute Gasteiger partial charge is 0.394 e. The van der Waals surface area contributed by atoms with E-state index in [1.165, 1.54) is 186 Å². The zero-order chi connectivity index (χ0) is 68.7. The maximum absolute atomic E-state index is 13.4. The number of amides is 1. The third-order valence-electron chi connectivity index (χ3n) is 18.2. The molecule has 14 nitrogen and oxygen atoms in total. The molecule has 2 aliphatic heterocycles. The molecule has 0 aliphatic carbocycles. The summed E-state index contributed by atoms with van der Waals surface area (Å²) in [6.45, 7) is 2.69. The van der Waals surface area contributed by atoms with Gasteiger partial charge < -0.3 is 65.1 Å². The molecule has 0 aromatic carbocycles. The van der Waals surface area contributed by atoms with E-state index in [9.17, 15) is 45.6 Å². The fourth-order valence-corrected chi connectivity index (χ4v) is 12.1. The summed E-state index contributed by atoms with van der Waals surface area (Å²) in [5.41, 5.74) is 0. The normalized spacial score (nSPS) is 23.0. The molecule has 548 valence electrons. The van der Waals surface area contributed by atoms with Crippen LogP contribution in [0.15, 0.2) is 109 Å². The molecule has 2 aliphatic rings. The first-order valence-corrected chi connectivity index (χ1v) is 38.6. The second kappa shape index (κ2) is 64.1. The van der Waals surface area contributed by atoms with E-state index in [0.717, 1.165) is 83.5 Å². The molecule has 12 unspecified atom stereocenters. The third-order valence-corrected chi connectivity index (χ3v) is 18.2. The zero-order valence-electron chi connectivity index (χ0n) is 59.9. The molecular formula is C81H141NO13. The lowest BCUT2D eigenvalue weighted by Gasteiger charge is -2.46. The standard InChI is InChI=1S/C81H141NO13/c1-3-5-7-9-11-13-15-17-19-21-23-25-27-28-29-30-31-32-33-34-35-36-37-38-39-40-41-42-43-45-47-49-51-53-55-57-59-61-63-65-73(86)82-69(68-92-80-78(91)76(89)79(72(67-84)94-80)95-81-77(90)75(88)74(87)71(66-83)93-81)70(85)64-62-60-58-56-54-52-50-48-46-44-26-24-22-20-18-16-14-12-10-8-6-4-2/h5,7,11,13,17,19,23,25,28-29,31-32,46,48,54,56,62,64,69-72,74-81,83-85,87-91H,3-4,6,8-10,12,14-16,18,20-22,24,26-27,30,33-45,47,49-53,55,57-61,63,65-68H2,1-2H3,(H,82,86)/b7-5-,13-11-,19-17-,25-23-,29-28-,32-31-,48-46+,56-54+,64-62+. The summed E-state index contributed by atoms with van der Waals surface area (Å²) in [7, 11) is 0. The van der Waals surface area contributed by atoms with Gasteiger partial charge in [0.05, 0.1) is 32.0 Å². The average molecular weight is 1340 g/mol. The number of carbonyl (C=O) groups excluding carboxylic acids is 1. The first-order valence-electron chi connectivity index (χ1n) is 38.6. The van der Waals surface area contributed by atoms with E-state index in [-0.39, 0.29) is 18.9 Å². The van der Waals surface area contributed by atoms with E-state index in [2.05, 4.69) is 116 Å². The van der Waals surface area contributed by atoms with Crippen LogP contribution < -0.4 is 5.32 Å². The van der Waals surface area contributed by atoms with Gasteiger partial charge >= 0.3 is 0 Å². The molecule has 2 heterocycles. The van der Waals surface area contributed by atoms with Crippen LogP contribution in [0.25, 0.3) is 0 Å². The van der Waals surface area contributed by atoms with Crippen molar-refractivity contribution in [3.63, 3.8) is 0 Å². The minimum Gasteiger partial charge on any atom is -0.394 e. The summed E-state index contributed by atoms with van der Waals surface area (Å²) in [4.78, 5) is 13.4. The van der Waals surface area contributed by atoms with Gasteiger partial charge in [0.15, 0.2) is 12.6 Å². The summed E-state index contributed by atoms with van der Waals surface area (Å²) in [6, 6.07) is -0.943. The Morgan fingerprint density at radius 1 is 0.389 bits per heavy atom. The second-order valence-electron chi connectivity index (χ2n) is 26.7. The third kappa shape index (κ3) is 47.4. The number of unbranched alkanes of at least 4 members (excludes halogenated alkanes) is 34. The van der Waals surface area contributed by atoms with Crippen LogP contribution in [0.2, 0.25) is 0 Å². The van der Waals surface area contributed by atoms with Crippen molar-refractivity contribution >= 4 is 5.91 Å². The lowest BCUT2D eigenvalue weighted by molar-refractivity contribution is -0.359. The molecule has 0 aromatic heterocycles. The molecule has 2 rings (SSSR count). The lowest BCUT2D eigenvalue weighted by atomic mass is 9.97. The predicted octanol–water partition coefficient (Wildman–Crippen LogP) is 17.1. The summed E-state index contributed by atoms with van der Waals surface area (Å²) in [6.07, 6.45) is 75.9. The van der Waals surface area contributed by atoms with Crippen LogP contribution in [0.1, 0.15) is 303 Å². The summed E-state index contributed by atoms with van der Waals surface area (Å²) >= 11 is 0. The number of aliphatic hydroxyl groups is 8. The van der Waals surface area contributed by atoms with Gasteiger partial charge in [-0.25, -0.2) is 0 Å². The molecule has 14 heteroatoms. The monoisotopic (exact) mass is 1340 g/mol. The minimum absolute atomic E-state index is 0.252. The van der Waals surface area contributed by atoms with Gasteiger partial charge in [0.25, 0.3) is 0 Å². The van der Waals surface area contributed by atoms with Crippen molar-refractivity contribution in [3.8, 4) is 0 Å². The van der Waals surface area contributed by atoms with Crippen LogP contribution in [0.5, 0.6) is 0 Å². The Kier molecular flexibility index (Phi) is 59.2. The van der Waals surface area contributed by atoms with E-state index in [1.54, 1.807) is 6.08 Å². The number of rotatable bonds is 63. The Morgan fingerprint density at radius 2 is 0.737 bits per heavy atom. The van der Waals surface area contributed by atoms with Gasteiger partial charge in [-0.05, 0) is 96.3 Å². The van der Waals surface area contributed by atoms with Crippen LogP contribution in [0, 0.1) is 0 Å². The molecular weight excluding hydrogens is 1190 g/mol. The number of allylic oxidation sites excluding steroid dienone is 17. The fraction of sp³-hybridized carbons (Fsp3) is 0.765. The summed E-state index contributed by atoms with van der Waals surface area (Å²) in [5, 5.41) is 87.5. The number of carbonyl (C=O) groups is 1. The van der Waals surface area contributed by atoms with E-state index in [0.29, 0.717) is 12.8 Å². The van der Waals surface area contributed by atoms with E-state index < -0.39 is 86.8 Å². The number of ether oxygens (including phenoxy) is 4. The summed E-state index contributed by atoms with van der Waals surface area (Å²) in [5.74, 6) is -0.252. The summed E-state index contributed by atoms with van der Waals surface area (Å²) < 4.78 is 22.9. The van der Waals surface area contributed by atoms with Crippen molar-refractivity contribution in [1.29, 1.82) is 0 Å². The topological polar surface area (TPSA) is 228 Å². The van der Waals surface area contributed by atoms with Gasteiger partial charge in [0.1, 0.15) is 48.8 Å². The van der Waals surface area contributed by atoms with Crippen LogP contribution in [0.3, 0.4) is 0 Å². The predicted molar refractivity (Wildman–Crippen MR) is 392 cm³/mol. The molecule has 2 fully saturated rings. The first kappa shape index (κ1) is 87.7. The molecule has 0 saturated carbocycles. The first-order chi connectivity index (χ1) is 46.6. The fourth-order valence-electron chi connectivity index (χ4n) is 12.1. The van der Waals surface area contributed by atoms with Crippen molar-refractivity contribution in [3.05, 3.63) is 109 Å². The second-order valence-corrected chi connectivity index (χ2v) is 26.7. The van der Waals surface area contributed by atoms with Gasteiger partial charge in [-0.3, -0.25) is 4.79 Å². The highest BCUT2D eigenvalue weighted by Crippen LogP contribution is 2.30. The molecule has 2 saturated heterocycles. The SMILES string of the molecule is CC/C=C\C/C=C\C/C=C\C/C=C\C/C=C\C/C=C\CCCCCCCCCCCCCCCCCCCCCCC(=O)NC(COC1OC(CO)C(OC2OC(CO)C(O)C(O)C2O)C(O)C1O)C(O)/C=C/CC/C=C/CC/C=C/CCCCCCCCCCCCCC. The maximum atomic E-state index is 13.4. The Labute approximate surface area is 578 Å². The highest BCUT2D eigenvalue weighted by atomic mass is 16.7. The van der Waals surface area contributed by atoms with E-state index in [4.69, 9.17) is 18.9 Å². The molecule has 0 radical (unpaired) electrons. The van der Waals surface area contributed by atoms with Crippen LogP contribution in [-0.4, -0.2) is 140 Å². The number of hydrogen-bond donors (Lipinski definition) is 9. The smallest absolute Gasteiger partial charge is 0.220 e. The van der Waals surface area contributed by atoms with Crippen molar-refractivity contribution < 1.29 is 64.6 Å². The van der Waals surface area contributed by atoms with E-state index in [1.807, 2.05) is 6.08 Å². The highest BCUT2D eigenvalue weighted by Gasteiger charge is 2.51. The van der Waals surface area contributed by atoms with E-state index >= 15 is 0 Å². The average Bonchev–Trinajstić information content (AvgIpc) is 0.801. The van der Waals surface area contributed by atoms with Crippen molar-refractivity contribution in [2.45, 2.75) is 376 Å². The Balaban J connectivity index is 1.61. The molecule has 95 heavy (non-hydrogen) atoms. The van der Waals surface area contributed by atoms with Crippen molar-refractivity contribution in [2.75, 3.05) is 19.8 Å². The van der Waals surface area contributed by atoms with Crippen molar-refractivity contribution in [2.24, 2.45) is 0 Å². The quantitative estimate of drug-likeness (QED) is 0.0204. The zero-order valence-corrected chi connectivity index (χ0v) is 59.9. The van der Waals surface area contributed by atoms with Gasteiger partial charge in [0, 0.05) is 6.42 Å². The molecule has 1 amide bonds. The molecule has 9 N–H and O–H groups in total. The molecule has 0 aromatic rings. The number of hydrogen-bond acceptors (Lipinski definition) is 13. The van der Waals surface area contributed by atoms with Crippen LogP contribution in [-0.2, 0) is 23.7 Å². The lowest BCUT2D eigenvalue weighted by Crippen LogP contribution is -2.65. The van der Waals surface area contributed by atoms with Crippen LogP contribution >= 0.6 is 0 Å². The van der Waals surface area contributed by atoms with Gasteiger partial charge in [-0.15, -0.1) is 0 Å².